The maximum absolute atomic E-state index is 12.5. The first-order valence-corrected chi connectivity index (χ1v) is 9.48. The molecule has 1 aliphatic heterocycles. The van der Waals surface area contributed by atoms with Crippen LogP contribution < -0.4 is 5.73 Å². The highest BCUT2D eigenvalue weighted by atomic mass is 35.5. The first kappa shape index (κ1) is 25.4. The lowest BCUT2D eigenvalue weighted by molar-refractivity contribution is -0.136. The molecule has 0 bridgehead atoms. The number of hydrogen-bond donors (Lipinski definition) is 1. The number of piperazine rings is 1. The average molecular weight is 411 g/mol. The quantitative estimate of drug-likeness (QED) is 0.725. The fraction of sp³-hybridized carbons (Fsp3) is 0.889. The monoisotopic (exact) mass is 410 g/mol. The van der Waals surface area contributed by atoms with Crippen molar-refractivity contribution >= 4 is 36.6 Å². The highest BCUT2D eigenvalue weighted by Crippen LogP contribution is 2.21. The molecule has 1 aliphatic carbocycles. The maximum atomic E-state index is 12.5. The standard InChI is InChI=1S/C18H34N4O2.2ClH/c1-15(19)8-9-17(23)22-12-10-21(11-13-22)14-18(24)20(2)16-6-4-3-5-7-16;;/h15-16H,3-14,19H2,1-2H3;2*1H. The van der Waals surface area contributed by atoms with Gasteiger partial charge in [-0.15, -0.1) is 24.8 Å². The van der Waals surface area contributed by atoms with Crippen molar-refractivity contribution in [3.05, 3.63) is 0 Å². The number of hydrogen-bond acceptors (Lipinski definition) is 4. The number of nitrogens with zero attached hydrogens (tertiary/aromatic N) is 3. The summed E-state index contributed by atoms with van der Waals surface area (Å²) in [4.78, 5) is 30.7. The third-order valence-corrected chi connectivity index (χ3v) is 5.41. The minimum absolute atomic E-state index is 0. The van der Waals surface area contributed by atoms with E-state index in [4.69, 9.17) is 5.73 Å². The molecule has 2 amide bonds. The first-order chi connectivity index (χ1) is 11.5. The Bertz CT molecular complexity index is 423. The Morgan fingerprint density at radius 3 is 2.19 bits per heavy atom. The van der Waals surface area contributed by atoms with Crippen molar-refractivity contribution in [1.29, 1.82) is 0 Å². The van der Waals surface area contributed by atoms with E-state index in [0.29, 0.717) is 19.0 Å². The predicted octanol–water partition coefficient (Wildman–Crippen LogP) is 1.89. The molecule has 154 valence electrons. The van der Waals surface area contributed by atoms with Gasteiger partial charge >= 0.3 is 0 Å². The number of carbonyl (C=O) groups excluding carboxylic acids is 2. The van der Waals surface area contributed by atoms with E-state index in [1.165, 1.54) is 19.3 Å². The Labute approximate surface area is 170 Å². The van der Waals surface area contributed by atoms with E-state index in [-0.39, 0.29) is 42.7 Å². The topological polar surface area (TPSA) is 69.9 Å². The van der Waals surface area contributed by atoms with E-state index in [1.807, 2.05) is 23.8 Å². The molecule has 26 heavy (non-hydrogen) atoms. The normalized spacial score (nSPS) is 19.9. The van der Waals surface area contributed by atoms with Crippen LogP contribution in [0.2, 0.25) is 0 Å². The first-order valence-electron chi connectivity index (χ1n) is 9.48. The van der Waals surface area contributed by atoms with Gasteiger partial charge in [0.15, 0.2) is 0 Å². The maximum Gasteiger partial charge on any atom is 0.236 e. The average Bonchev–Trinajstić information content (AvgIpc) is 2.60. The largest absolute Gasteiger partial charge is 0.342 e. The van der Waals surface area contributed by atoms with Crippen LogP contribution in [0.1, 0.15) is 51.9 Å². The Morgan fingerprint density at radius 2 is 1.65 bits per heavy atom. The lowest BCUT2D eigenvalue weighted by atomic mass is 9.94. The van der Waals surface area contributed by atoms with Crippen LogP contribution in [0.4, 0.5) is 0 Å². The number of halogens is 2. The zero-order chi connectivity index (χ0) is 17.5. The molecule has 0 aromatic rings. The van der Waals surface area contributed by atoms with E-state index in [2.05, 4.69) is 4.90 Å². The van der Waals surface area contributed by atoms with Gasteiger partial charge in [-0.2, -0.15) is 0 Å². The van der Waals surface area contributed by atoms with Gasteiger partial charge in [0.05, 0.1) is 6.54 Å². The molecule has 6 nitrogen and oxygen atoms in total. The highest BCUT2D eigenvalue weighted by molar-refractivity contribution is 5.85. The summed E-state index contributed by atoms with van der Waals surface area (Å²) in [6.07, 6.45) is 7.34. The molecule has 1 unspecified atom stereocenters. The zero-order valence-electron chi connectivity index (χ0n) is 16.2. The van der Waals surface area contributed by atoms with Crippen LogP contribution in [0.25, 0.3) is 0 Å². The molecular formula is C18H36Cl2N4O2. The third kappa shape index (κ3) is 7.99. The number of amides is 2. The lowest BCUT2D eigenvalue weighted by Crippen LogP contribution is -2.52. The highest BCUT2D eigenvalue weighted by Gasteiger charge is 2.26. The van der Waals surface area contributed by atoms with E-state index < -0.39 is 0 Å². The molecule has 1 atom stereocenters. The van der Waals surface area contributed by atoms with Crippen LogP contribution in [0.3, 0.4) is 0 Å². The smallest absolute Gasteiger partial charge is 0.236 e. The Morgan fingerprint density at radius 1 is 1.08 bits per heavy atom. The molecule has 1 saturated heterocycles. The summed E-state index contributed by atoms with van der Waals surface area (Å²) in [5.74, 6) is 0.413. The zero-order valence-corrected chi connectivity index (χ0v) is 17.8. The lowest BCUT2D eigenvalue weighted by Gasteiger charge is -2.37. The summed E-state index contributed by atoms with van der Waals surface area (Å²) in [6, 6.07) is 0.496. The van der Waals surface area contributed by atoms with Gasteiger partial charge in [0, 0.05) is 51.7 Å². The summed E-state index contributed by atoms with van der Waals surface area (Å²) in [5.41, 5.74) is 5.72. The minimum Gasteiger partial charge on any atom is -0.342 e. The summed E-state index contributed by atoms with van der Waals surface area (Å²) < 4.78 is 0. The molecule has 0 radical (unpaired) electrons. The Balaban J connectivity index is 0.00000312. The van der Waals surface area contributed by atoms with Gasteiger partial charge in [0.1, 0.15) is 0 Å². The van der Waals surface area contributed by atoms with Gasteiger partial charge in [-0.3, -0.25) is 14.5 Å². The SMILES string of the molecule is CC(N)CCC(=O)N1CCN(CC(=O)N(C)C2CCCCC2)CC1.Cl.Cl. The van der Waals surface area contributed by atoms with Crippen molar-refractivity contribution in [2.75, 3.05) is 39.8 Å². The number of likely N-dealkylation sites (N-methyl/N-ethyl adjacent to an activating group) is 1. The van der Waals surface area contributed by atoms with Crippen LogP contribution in [-0.4, -0.2) is 78.4 Å². The van der Waals surface area contributed by atoms with Crippen molar-refractivity contribution in [2.45, 2.75) is 64.0 Å². The van der Waals surface area contributed by atoms with Gasteiger partial charge in [0.25, 0.3) is 0 Å². The van der Waals surface area contributed by atoms with Gasteiger partial charge in [0.2, 0.25) is 11.8 Å². The molecule has 2 fully saturated rings. The third-order valence-electron chi connectivity index (χ3n) is 5.41. The second-order valence-electron chi connectivity index (χ2n) is 7.47. The fourth-order valence-electron chi connectivity index (χ4n) is 3.64. The van der Waals surface area contributed by atoms with Crippen LogP contribution in [-0.2, 0) is 9.59 Å². The molecule has 0 spiro atoms. The van der Waals surface area contributed by atoms with E-state index >= 15 is 0 Å². The molecule has 1 heterocycles. The Hall–Kier alpha value is -0.560. The van der Waals surface area contributed by atoms with Crippen LogP contribution in [0.15, 0.2) is 0 Å². The van der Waals surface area contributed by atoms with Crippen molar-refractivity contribution in [3.63, 3.8) is 0 Å². The van der Waals surface area contributed by atoms with Gasteiger partial charge in [-0.25, -0.2) is 0 Å². The Kier molecular flexibility index (Phi) is 12.5. The van der Waals surface area contributed by atoms with Gasteiger partial charge in [-0.05, 0) is 26.2 Å². The van der Waals surface area contributed by atoms with E-state index in [9.17, 15) is 9.59 Å². The van der Waals surface area contributed by atoms with Crippen molar-refractivity contribution < 1.29 is 9.59 Å². The van der Waals surface area contributed by atoms with E-state index in [1.54, 1.807) is 0 Å². The van der Waals surface area contributed by atoms with Crippen LogP contribution >= 0.6 is 24.8 Å². The second-order valence-corrected chi connectivity index (χ2v) is 7.47. The summed E-state index contributed by atoms with van der Waals surface area (Å²) in [7, 11) is 1.95. The number of carbonyl (C=O) groups is 2. The summed E-state index contributed by atoms with van der Waals surface area (Å²) >= 11 is 0. The second kappa shape index (κ2) is 12.8. The molecular weight excluding hydrogens is 375 g/mol. The molecule has 0 aromatic carbocycles. The molecule has 2 aliphatic rings. The van der Waals surface area contributed by atoms with Crippen molar-refractivity contribution in [2.24, 2.45) is 5.73 Å². The summed E-state index contributed by atoms with van der Waals surface area (Å²) in [6.45, 7) is 5.42. The summed E-state index contributed by atoms with van der Waals surface area (Å²) in [5, 5.41) is 0. The van der Waals surface area contributed by atoms with Crippen LogP contribution in [0.5, 0.6) is 0 Å². The molecule has 2 rings (SSSR count). The van der Waals surface area contributed by atoms with Crippen LogP contribution in [0, 0.1) is 0 Å². The molecule has 2 N–H and O–H groups in total. The van der Waals surface area contributed by atoms with Crippen molar-refractivity contribution in [3.8, 4) is 0 Å². The number of rotatable bonds is 6. The predicted molar refractivity (Wildman–Crippen MR) is 110 cm³/mol. The molecule has 0 aromatic heterocycles. The van der Waals surface area contributed by atoms with E-state index in [0.717, 1.165) is 45.4 Å². The molecule has 8 heteroatoms. The minimum atomic E-state index is 0. The molecule has 1 saturated carbocycles. The van der Waals surface area contributed by atoms with Gasteiger partial charge in [-0.1, -0.05) is 19.3 Å². The fourth-order valence-corrected chi connectivity index (χ4v) is 3.64. The van der Waals surface area contributed by atoms with Gasteiger partial charge < -0.3 is 15.5 Å². The van der Waals surface area contributed by atoms with Crippen molar-refractivity contribution in [1.82, 2.24) is 14.7 Å². The number of nitrogens with two attached hydrogens (primary N) is 1.